The summed E-state index contributed by atoms with van der Waals surface area (Å²) in [7, 11) is 4.03. The Bertz CT molecular complexity index is 718. The summed E-state index contributed by atoms with van der Waals surface area (Å²) < 4.78 is 5.42. The Labute approximate surface area is 142 Å². The summed E-state index contributed by atoms with van der Waals surface area (Å²) >= 11 is 0. The molecule has 0 bridgehead atoms. The molecule has 0 atom stereocenters. The Morgan fingerprint density at radius 2 is 1.79 bits per heavy atom. The number of nitriles is 1. The lowest BCUT2D eigenvalue weighted by Crippen LogP contribution is -2.29. The average Bonchev–Trinajstić information content (AvgIpc) is 2.59. The molecule has 1 amide bonds. The van der Waals surface area contributed by atoms with E-state index in [1.165, 1.54) is 5.56 Å². The molecule has 5 heteroatoms. The number of amides is 1. The van der Waals surface area contributed by atoms with Gasteiger partial charge in [-0.25, -0.2) is 0 Å². The number of rotatable bonds is 7. The van der Waals surface area contributed by atoms with Crippen molar-refractivity contribution in [3.05, 3.63) is 65.2 Å². The van der Waals surface area contributed by atoms with Crippen LogP contribution in [0.4, 0.5) is 0 Å². The van der Waals surface area contributed by atoms with Crippen LogP contribution in [0.3, 0.4) is 0 Å². The smallest absolute Gasteiger partial charge is 0.258 e. The Morgan fingerprint density at radius 3 is 2.42 bits per heavy atom. The highest BCUT2D eigenvalue weighted by molar-refractivity contribution is 5.77. The number of nitrogens with one attached hydrogen (secondary N) is 1. The van der Waals surface area contributed by atoms with Gasteiger partial charge in [-0.1, -0.05) is 24.3 Å². The van der Waals surface area contributed by atoms with Crippen molar-refractivity contribution in [2.45, 2.75) is 13.1 Å². The molecule has 0 aromatic heterocycles. The Hall–Kier alpha value is -2.84. The maximum Gasteiger partial charge on any atom is 0.258 e. The van der Waals surface area contributed by atoms with Crippen LogP contribution < -0.4 is 10.1 Å². The minimum Gasteiger partial charge on any atom is -0.484 e. The van der Waals surface area contributed by atoms with Crippen molar-refractivity contribution in [3.8, 4) is 11.8 Å². The summed E-state index contributed by atoms with van der Waals surface area (Å²) in [5.74, 6) is 0.385. The molecule has 2 rings (SSSR count). The van der Waals surface area contributed by atoms with Gasteiger partial charge in [-0.05, 0) is 49.5 Å². The summed E-state index contributed by atoms with van der Waals surface area (Å²) in [6.07, 6.45) is 0. The summed E-state index contributed by atoms with van der Waals surface area (Å²) in [6, 6.07) is 16.8. The van der Waals surface area contributed by atoms with Crippen molar-refractivity contribution < 1.29 is 9.53 Å². The molecule has 1 N–H and O–H groups in total. The minimum atomic E-state index is -0.181. The van der Waals surface area contributed by atoms with Crippen LogP contribution in [-0.2, 0) is 17.9 Å². The number of hydrogen-bond donors (Lipinski definition) is 1. The van der Waals surface area contributed by atoms with E-state index in [-0.39, 0.29) is 12.5 Å². The molecule has 0 saturated carbocycles. The first-order valence-corrected chi connectivity index (χ1v) is 7.69. The Kier molecular flexibility index (Phi) is 6.35. The topological polar surface area (TPSA) is 65.4 Å². The zero-order valence-electron chi connectivity index (χ0n) is 14.0. The molecule has 0 radical (unpaired) electrons. The molecule has 0 fully saturated rings. The molecular weight excluding hydrogens is 302 g/mol. The molecule has 0 aliphatic carbocycles. The second-order valence-corrected chi connectivity index (χ2v) is 5.71. The van der Waals surface area contributed by atoms with Gasteiger partial charge in [0.25, 0.3) is 5.91 Å². The van der Waals surface area contributed by atoms with E-state index in [0.717, 1.165) is 12.1 Å². The first kappa shape index (κ1) is 17.5. The van der Waals surface area contributed by atoms with Gasteiger partial charge in [0.05, 0.1) is 11.6 Å². The molecule has 0 aliphatic rings. The molecule has 24 heavy (non-hydrogen) atoms. The highest BCUT2D eigenvalue weighted by atomic mass is 16.5. The summed E-state index contributed by atoms with van der Waals surface area (Å²) in [5, 5.41) is 11.6. The van der Waals surface area contributed by atoms with Crippen LogP contribution in [0.2, 0.25) is 0 Å². The Balaban J connectivity index is 1.84. The van der Waals surface area contributed by atoms with Gasteiger partial charge in [-0.15, -0.1) is 0 Å². The first-order chi connectivity index (χ1) is 11.6. The van der Waals surface area contributed by atoms with Crippen molar-refractivity contribution in [2.75, 3.05) is 20.7 Å². The standard InChI is InChI=1S/C19H21N3O2/c1-22(2)13-17-6-4-3-5-16(17)12-21-19(23)14-24-18-9-7-15(11-20)8-10-18/h3-10H,12-14H2,1-2H3,(H,21,23). The van der Waals surface area contributed by atoms with Gasteiger partial charge in [-0.2, -0.15) is 5.26 Å². The molecule has 2 aromatic rings. The van der Waals surface area contributed by atoms with E-state index in [4.69, 9.17) is 10.00 Å². The van der Waals surface area contributed by atoms with Gasteiger partial charge >= 0.3 is 0 Å². The SMILES string of the molecule is CN(C)Cc1ccccc1CNC(=O)COc1ccc(C#N)cc1. The fraction of sp³-hybridized carbons (Fsp3) is 0.263. The summed E-state index contributed by atoms with van der Waals surface area (Å²) in [5.41, 5.74) is 2.85. The number of nitrogens with zero attached hydrogens (tertiary/aromatic N) is 2. The molecular formula is C19H21N3O2. The van der Waals surface area contributed by atoms with Crippen LogP contribution in [0.5, 0.6) is 5.75 Å². The van der Waals surface area contributed by atoms with E-state index in [9.17, 15) is 4.79 Å². The van der Waals surface area contributed by atoms with E-state index in [1.54, 1.807) is 24.3 Å². The molecule has 0 spiro atoms. The zero-order chi connectivity index (χ0) is 17.4. The van der Waals surface area contributed by atoms with Crippen LogP contribution in [-0.4, -0.2) is 31.5 Å². The number of hydrogen-bond acceptors (Lipinski definition) is 4. The third kappa shape index (κ3) is 5.41. The second-order valence-electron chi connectivity index (χ2n) is 5.71. The fourth-order valence-electron chi connectivity index (χ4n) is 2.24. The van der Waals surface area contributed by atoms with E-state index in [2.05, 4.69) is 16.3 Å². The quantitative estimate of drug-likeness (QED) is 0.849. The van der Waals surface area contributed by atoms with Crippen molar-refractivity contribution in [1.29, 1.82) is 5.26 Å². The highest BCUT2D eigenvalue weighted by Gasteiger charge is 2.06. The van der Waals surface area contributed by atoms with Gasteiger partial charge in [0.2, 0.25) is 0 Å². The van der Waals surface area contributed by atoms with Crippen LogP contribution in [0.15, 0.2) is 48.5 Å². The van der Waals surface area contributed by atoms with Crippen LogP contribution in [0.1, 0.15) is 16.7 Å². The predicted octanol–water partition coefficient (Wildman–Crippen LogP) is 2.32. The van der Waals surface area contributed by atoms with Crippen molar-refractivity contribution >= 4 is 5.91 Å². The molecule has 124 valence electrons. The maximum absolute atomic E-state index is 11.9. The number of carbonyl (C=O) groups excluding carboxylic acids is 1. The largest absolute Gasteiger partial charge is 0.484 e. The van der Waals surface area contributed by atoms with Crippen LogP contribution in [0, 0.1) is 11.3 Å². The van der Waals surface area contributed by atoms with Gasteiger partial charge in [0, 0.05) is 13.1 Å². The lowest BCUT2D eigenvalue weighted by atomic mass is 10.1. The number of ether oxygens (including phenoxy) is 1. The normalized spacial score (nSPS) is 10.2. The number of benzene rings is 2. The molecule has 2 aromatic carbocycles. The predicted molar refractivity (Wildman–Crippen MR) is 92.3 cm³/mol. The summed E-state index contributed by atoms with van der Waals surface area (Å²) in [6.45, 7) is 1.25. The monoisotopic (exact) mass is 323 g/mol. The molecule has 0 heterocycles. The Morgan fingerprint density at radius 1 is 1.12 bits per heavy atom. The first-order valence-electron chi connectivity index (χ1n) is 7.69. The molecule has 0 unspecified atom stereocenters. The van der Waals surface area contributed by atoms with E-state index in [1.807, 2.05) is 38.4 Å². The minimum absolute atomic E-state index is 0.0538. The van der Waals surface area contributed by atoms with Crippen molar-refractivity contribution in [1.82, 2.24) is 10.2 Å². The maximum atomic E-state index is 11.9. The van der Waals surface area contributed by atoms with Crippen LogP contribution >= 0.6 is 0 Å². The van der Waals surface area contributed by atoms with E-state index in [0.29, 0.717) is 17.9 Å². The van der Waals surface area contributed by atoms with Gasteiger partial charge in [0.1, 0.15) is 5.75 Å². The lowest BCUT2D eigenvalue weighted by molar-refractivity contribution is -0.123. The molecule has 0 saturated heterocycles. The van der Waals surface area contributed by atoms with Gasteiger partial charge in [0.15, 0.2) is 6.61 Å². The highest BCUT2D eigenvalue weighted by Crippen LogP contribution is 2.12. The van der Waals surface area contributed by atoms with Crippen molar-refractivity contribution in [2.24, 2.45) is 0 Å². The summed E-state index contributed by atoms with van der Waals surface area (Å²) in [4.78, 5) is 14.0. The second kappa shape index (κ2) is 8.70. The third-order valence-electron chi connectivity index (χ3n) is 3.43. The third-order valence-corrected chi connectivity index (χ3v) is 3.43. The van der Waals surface area contributed by atoms with Crippen LogP contribution in [0.25, 0.3) is 0 Å². The van der Waals surface area contributed by atoms with Crippen molar-refractivity contribution in [3.63, 3.8) is 0 Å². The van der Waals surface area contributed by atoms with E-state index < -0.39 is 0 Å². The molecule has 0 aliphatic heterocycles. The van der Waals surface area contributed by atoms with Gasteiger partial charge < -0.3 is 15.0 Å². The lowest BCUT2D eigenvalue weighted by Gasteiger charge is -2.14. The average molecular weight is 323 g/mol. The molecule has 5 nitrogen and oxygen atoms in total. The fourth-order valence-corrected chi connectivity index (χ4v) is 2.24. The number of carbonyl (C=O) groups is 1. The van der Waals surface area contributed by atoms with Gasteiger partial charge in [-0.3, -0.25) is 4.79 Å². The van der Waals surface area contributed by atoms with E-state index >= 15 is 0 Å². The zero-order valence-corrected chi connectivity index (χ0v) is 14.0.